The van der Waals surface area contributed by atoms with Crippen molar-refractivity contribution in [1.82, 2.24) is 14.8 Å². The molecule has 0 radical (unpaired) electrons. The summed E-state index contributed by atoms with van der Waals surface area (Å²) in [6, 6.07) is 5.15. The van der Waals surface area contributed by atoms with Gasteiger partial charge in [0, 0.05) is 24.7 Å². The van der Waals surface area contributed by atoms with Gasteiger partial charge in [-0.05, 0) is 12.1 Å². The first-order valence-corrected chi connectivity index (χ1v) is 7.03. The summed E-state index contributed by atoms with van der Waals surface area (Å²) >= 11 is 2.65. The van der Waals surface area contributed by atoms with Gasteiger partial charge in [-0.2, -0.15) is 5.10 Å². The molecule has 3 heterocycles. The van der Waals surface area contributed by atoms with Gasteiger partial charge in [0.25, 0.3) is 0 Å². The average Bonchev–Trinajstić information content (AvgIpc) is 3.08. The van der Waals surface area contributed by atoms with E-state index in [4.69, 9.17) is 0 Å². The van der Waals surface area contributed by atoms with Gasteiger partial charge >= 0.3 is 5.00 Å². The monoisotopic (exact) mass is 292 g/mol. The maximum atomic E-state index is 10.7. The quantitative estimate of drug-likeness (QED) is 0.549. The highest BCUT2D eigenvalue weighted by molar-refractivity contribution is 7.18. The Morgan fingerprint density at radius 3 is 2.89 bits per heavy atom. The summed E-state index contributed by atoms with van der Waals surface area (Å²) in [7, 11) is 1.82. The predicted molar refractivity (Wildman–Crippen MR) is 74.3 cm³/mol. The number of nitrogens with zero attached hydrogens (tertiary/aromatic N) is 4. The fraction of sp³-hybridized carbons (Fsp3) is 0.0909. The van der Waals surface area contributed by atoms with Crippen molar-refractivity contribution < 1.29 is 4.92 Å². The van der Waals surface area contributed by atoms with Gasteiger partial charge in [-0.15, -0.1) is 11.3 Å². The highest BCUT2D eigenvalue weighted by Gasteiger charge is 2.16. The summed E-state index contributed by atoms with van der Waals surface area (Å²) in [5, 5.41) is 18.0. The molecule has 0 amide bonds. The van der Waals surface area contributed by atoms with Crippen LogP contribution in [0.5, 0.6) is 0 Å². The van der Waals surface area contributed by atoms with Crippen molar-refractivity contribution in [1.29, 1.82) is 0 Å². The number of nitro groups is 1. The second kappa shape index (κ2) is 4.56. The SMILES string of the molecule is Cn1nc(-c2nccs2)cc1-c1ccc([N+](=O)[O-])s1. The molecule has 0 saturated carbocycles. The van der Waals surface area contributed by atoms with Crippen molar-refractivity contribution in [2.75, 3.05) is 0 Å². The number of thiazole rings is 1. The lowest BCUT2D eigenvalue weighted by Crippen LogP contribution is -1.92. The molecule has 8 heteroatoms. The van der Waals surface area contributed by atoms with Crippen molar-refractivity contribution in [3.63, 3.8) is 0 Å². The number of thiophene rings is 1. The Morgan fingerprint density at radius 2 is 2.26 bits per heavy atom. The van der Waals surface area contributed by atoms with Crippen LogP contribution in [-0.4, -0.2) is 19.7 Å². The molecule has 3 aromatic rings. The highest BCUT2D eigenvalue weighted by Crippen LogP contribution is 2.34. The zero-order chi connectivity index (χ0) is 13.4. The van der Waals surface area contributed by atoms with Crippen LogP contribution in [0.25, 0.3) is 21.3 Å². The van der Waals surface area contributed by atoms with Gasteiger partial charge in [-0.1, -0.05) is 11.3 Å². The standard InChI is InChI=1S/C11H8N4O2S2/c1-14-8(9-2-3-10(19-9)15(16)17)6-7(13-14)11-12-4-5-18-11/h2-6H,1H3. The molecule has 0 N–H and O–H groups in total. The molecule has 0 aliphatic heterocycles. The van der Waals surface area contributed by atoms with Crippen LogP contribution >= 0.6 is 22.7 Å². The van der Waals surface area contributed by atoms with Crippen LogP contribution in [0.1, 0.15) is 0 Å². The Morgan fingerprint density at radius 1 is 1.42 bits per heavy atom. The Hall–Kier alpha value is -2.06. The first-order chi connectivity index (χ1) is 9.15. The van der Waals surface area contributed by atoms with Gasteiger partial charge in [0.1, 0.15) is 10.7 Å². The van der Waals surface area contributed by atoms with Crippen LogP contribution in [0.3, 0.4) is 0 Å². The Balaban J connectivity index is 2.03. The summed E-state index contributed by atoms with van der Waals surface area (Å²) < 4.78 is 1.71. The van der Waals surface area contributed by atoms with Crippen molar-refractivity contribution in [3.8, 4) is 21.3 Å². The van der Waals surface area contributed by atoms with E-state index >= 15 is 0 Å². The molecule has 0 spiro atoms. The maximum absolute atomic E-state index is 10.7. The third kappa shape index (κ3) is 2.15. The Labute approximate surface area is 116 Å². The van der Waals surface area contributed by atoms with E-state index in [0.29, 0.717) is 0 Å². The van der Waals surface area contributed by atoms with Crippen LogP contribution in [0.4, 0.5) is 5.00 Å². The molecule has 3 aromatic heterocycles. The van der Waals surface area contributed by atoms with E-state index in [1.54, 1.807) is 16.9 Å². The average molecular weight is 292 g/mol. The molecule has 0 unspecified atom stereocenters. The maximum Gasteiger partial charge on any atom is 0.324 e. The van der Waals surface area contributed by atoms with Gasteiger partial charge in [0.2, 0.25) is 0 Å². The van der Waals surface area contributed by atoms with Gasteiger partial charge in [0.15, 0.2) is 0 Å². The van der Waals surface area contributed by atoms with E-state index in [1.165, 1.54) is 17.4 Å². The molecule has 0 fully saturated rings. The molecule has 0 aliphatic carbocycles. The lowest BCUT2D eigenvalue weighted by Gasteiger charge is -1.95. The fourth-order valence-electron chi connectivity index (χ4n) is 1.72. The van der Waals surface area contributed by atoms with Crippen molar-refractivity contribution in [3.05, 3.63) is 39.9 Å². The molecule has 0 bridgehead atoms. The summed E-state index contributed by atoms with van der Waals surface area (Å²) in [6.45, 7) is 0. The van der Waals surface area contributed by atoms with Gasteiger partial charge in [0.05, 0.1) is 15.5 Å². The van der Waals surface area contributed by atoms with Crippen LogP contribution in [-0.2, 0) is 7.05 Å². The van der Waals surface area contributed by atoms with Crippen LogP contribution in [0.15, 0.2) is 29.8 Å². The molecule has 0 aliphatic rings. The van der Waals surface area contributed by atoms with Crippen LogP contribution in [0, 0.1) is 10.1 Å². The van der Waals surface area contributed by atoms with Crippen LogP contribution < -0.4 is 0 Å². The summed E-state index contributed by atoms with van der Waals surface area (Å²) in [5.74, 6) is 0. The molecule has 0 aromatic carbocycles. The molecule has 0 atom stereocenters. The molecule has 0 saturated heterocycles. The van der Waals surface area contributed by atoms with E-state index in [2.05, 4.69) is 10.1 Å². The predicted octanol–water partition coefficient (Wildman–Crippen LogP) is 3.18. The Bertz CT molecular complexity index is 730. The minimum atomic E-state index is -0.383. The number of hydrogen-bond acceptors (Lipinski definition) is 6. The second-order valence-corrected chi connectivity index (χ2v) is 5.73. The normalized spacial score (nSPS) is 10.8. The first-order valence-electron chi connectivity index (χ1n) is 5.33. The van der Waals surface area contributed by atoms with Crippen molar-refractivity contribution in [2.45, 2.75) is 0 Å². The van der Waals surface area contributed by atoms with Crippen molar-refractivity contribution >= 4 is 27.7 Å². The third-order valence-corrected chi connectivity index (χ3v) is 4.41. The zero-order valence-electron chi connectivity index (χ0n) is 9.81. The number of rotatable bonds is 3. The lowest BCUT2D eigenvalue weighted by molar-refractivity contribution is -0.380. The number of aromatic nitrogens is 3. The summed E-state index contributed by atoms with van der Waals surface area (Å²) in [5.41, 5.74) is 1.63. The summed E-state index contributed by atoms with van der Waals surface area (Å²) in [4.78, 5) is 15.4. The van der Waals surface area contributed by atoms with E-state index < -0.39 is 0 Å². The molecule has 19 heavy (non-hydrogen) atoms. The molecule has 96 valence electrons. The van der Waals surface area contributed by atoms with Crippen LogP contribution in [0.2, 0.25) is 0 Å². The minimum Gasteiger partial charge on any atom is -0.266 e. The first kappa shape index (κ1) is 12.0. The van der Waals surface area contributed by atoms with E-state index in [1.807, 2.05) is 18.5 Å². The van der Waals surface area contributed by atoms with Gasteiger partial charge < -0.3 is 0 Å². The van der Waals surface area contributed by atoms with E-state index in [9.17, 15) is 10.1 Å². The molecular formula is C11H8N4O2S2. The topological polar surface area (TPSA) is 73.8 Å². The number of hydrogen-bond donors (Lipinski definition) is 0. The minimum absolute atomic E-state index is 0.131. The van der Waals surface area contributed by atoms with Gasteiger partial charge in [-0.25, -0.2) is 4.98 Å². The van der Waals surface area contributed by atoms with E-state index in [-0.39, 0.29) is 9.92 Å². The van der Waals surface area contributed by atoms with Gasteiger partial charge in [-0.3, -0.25) is 14.8 Å². The molecule has 6 nitrogen and oxygen atoms in total. The summed E-state index contributed by atoms with van der Waals surface area (Å²) in [6.07, 6.45) is 1.73. The smallest absolute Gasteiger partial charge is 0.266 e. The molecule has 3 rings (SSSR count). The highest BCUT2D eigenvalue weighted by atomic mass is 32.1. The lowest BCUT2D eigenvalue weighted by atomic mass is 10.3. The second-order valence-electron chi connectivity index (χ2n) is 3.77. The largest absolute Gasteiger partial charge is 0.324 e. The Kier molecular flexibility index (Phi) is 2.88. The number of aryl methyl sites for hydroxylation is 1. The zero-order valence-corrected chi connectivity index (χ0v) is 11.4. The molecular weight excluding hydrogens is 284 g/mol. The fourth-order valence-corrected chi connectivity index (χ4v) is 3.18. The third-order valence-electron chi connectivity index (χ3n) is 2.56. The van der Waals surface area contributed by atoms with E-state index in [0.717, 1.165) is 32.6 Å². The van der Waals surface area contributed by atoms with Crippen molar-refractivity contribution in [2.24, 2.45) is 7.05 Å².